The number of carboxylic acid groups (broad SMARTS) is 1. The van der Waals surface area contributed by atoms with E-state index in [9.17, 15) is 36.2 Å². The highest BCUT2D eigenvalue weighted by Crippen LogP contribution is 2.40. The summed E-state index contributed by atoms with van der Waals surface area (Å²) in [4.78, 5) is 18.3. The Hall–Kier alpha value is -4.10. The van der Waals surface area contributed by atoms with E-state index >= 15 is 0 Å². The molecule has 13 heteroatoms. The van der Waals surface area contributed by atoms with Gasteiger partial charge in [-0.2, -0.15) is 13.2 Å². The van der Waals surface area contributed by atoms with Gasteiger partial charge in [0.05, 0.1) is 41.4 Å². The molecule has 3 aromatic carbocycles. The highest BCUT2D eigenvalue weighted by Gasteiger charge is 2.36. The van der Waals surface area contributed by atoms with E-state index in [1.165, 1.54) is 12.1 Å². The predicted octanol–water partition coefficient (Wildman–Crippen LogP) is 6.10. The van der Waals surface area contributed by atoms with Crippen LogP contribution in [-0.2, 0) is 43.6 Å². The maximum absolute atomic E-state index is 14.1. The molecular formula is C30H25F6N3O4. The Labute approximate surface area is 241 Å². The Balaban J connectivity index is 1.27. The molecule has 1 N–H and O–H groups in total. The molecule has 4 aromatic rings. The summed E-state index contributed by atoms with van der Waals surface area (Å²) in [6, 6.07) is 8.56. The number of halogens is 6. The lowest BCUT2D eigenvalue weighted by molar-refractivity contribution is -0.139. The minimum atomic E-state index is -4.77. The number of fused-ring (bicyclic) bond motifs is 2. The molecule has 7 nitrogen and oxygen atoms in total. The molecular weight excluding hydrogens is 580 g/mol. The first kappa shape index (κ1) is 29.0. The molecule has 1 saturated heterocycles. The van der Waals surface area contributed by atoms with Crippen LogP contribution in [0.3, 0.4) is 0 Å². The minimum Gasteiger partial charge on any atom is -0.488 e. The van der Waals surface area contributed by atoms with Crippen LogP contribution in [0.25, 0.3) is 11.0 Å². The highest BCUT2D eigenvalue weighted by molar-refractivity contribution is 5.92. The molecule has 0 amide bonds. The van der Waals surface area contributed by atoms with Gasteiger partial charge in [-0.05, 0) is 66.4 Å². The van der Waals surface area contributed by atoms with Gasteiger partial charge in [-0.1, -0.05) is 0 Å². The topological polar surface area (TPSA) is 76.8 Å². The number of alkyl halides is 3. The van der Waals surface area contributed by atoms with Crippen molar-refractivity contribution in [3.05, 3.63) is 93.6 Å². The number of ether oxygens (including phenoxy) is 2. The normalized spacial score (nSPS) is 17.1. The first-order valence-corrected chi connectivity index (χ1v) is 13.5. The van der Waals surface area contributed by atoms with Crippen LogP contribution in [0, 0.1) is 17.5 Å². The molecule has 0 aliphatic carbocycles. The van der Waals surface area contributed by atoms with Crippen LogP contribution >= 0.6 is 0 Å². The van der Waals surface area contributed by atoms with Crippen molar-refractivity contribution in [1.29, 1.82) is 0 Å². The molecule has 43 heavy (non-hydrogen) atoms. The van der Waals surface area contributed by atoms with Crippen LogP contribution in [0.5, 0.6) is 5.75 Å². The molecule has 1 fully saturated rings. The molecule has 2 aliphatic rings. The standard InChI is InChI=1S/C30H25F6N3O4/c31-22-3-1-18(27(32)28(22)33)15-43-25-11-19-12-38(7-5-16(19)9-21(25)30(34,35)36)14-26-37-23-4-2-17(29(40)41)10-24(23)39(26)13-20-6-8-42-20/h1-4,9-11,20H,5-8,12-15H2,(H,40,41)/t20-/m0/s1. The van der Waals surface area contributed by atoms with Crippen LogP contribution in [-0.4, -0.2) is 44.8 Å². The van der Waals surface area contributed by atoms with Crippen LogP contribution in [0.15, 0.2) is 42.5 Å². The molecule has 0 saturated carbocycles. The number of carboxylic acids is 1. The van der Waals surface area contributed by atoms with Crippen LogP contribution in [0.1, 0.15) is 44.9 Å². The summed E-state index contributed by atoms with van der Waals surface area (Å²) in [5, 5.41) is 9.47. The lowest BCUT2D eigenvalue weighted by atomic mass is 9.96. The number of carbonyl (C=O) groups is 1. The van der Waals surface area contributed by atoms with Gasteiger partial charge in [0.1, 0.15) is 18.2 Å². The summed E-state index contributed by atoms with van der Waals surface area (Å²) >= 11 is 0. The van der Waals surface area contributed by atoms with Crippen LogP contribution in [0.4, 0.5) is 26.3 Å². The van der Waals surface area contributed by atoms with Crippen molar-refractivity contribution in [3.63, 3.8) is 0 Å². The van der Waals surface area contributed by atoms with Gasteiger partial charge in [-0.25, -0.2) is 22.9 Å². The molecule has 1 aromatic heterocycles. The molecule has 2 aliphatic heterocycles. The highest BCUT2D eigenvalue weighted by atomic mass is 19.4. The summed E-state index contributed by atoms with van der Waals surface area (Å²) in [6.07, 6.45) is -3.64. The summed E-state index contributed by atoms with van der Waals surface area (Å²) in [6.45, 7) is 1.41. The van der Waals surface area contributed by atoms with Crippen LogP contribution < -0.4 is 4.74 Å². The Morgan fingerprint density at radius 2 is 1.86 bits per heavy atom. The summed E-state index contributed by atoms with van der Waals surface area (Å²) < 4.78 is 95.8. The number of benzene rings is 3. The predicted molar refractivity (Wildman–Crippen MR) is 141 cm³/mol. The molecule has 6 rings (SSSR count). The van der Waals surface area contributed by atoms with Gasteiger partial charge in [0.2, 0.25) is 0 Å². The SMILES string of the molecule is O=C(O)c1ccc2nc(CN3CCc4cc(C(F)(F)F)c(OCc5ccc(F)c(F)c5F)cc4C3)n(C[C@@H]3CCO3)c2c1. The van der Waals surface area contributed by atoms with Crippen molar-refractivity contribution in [2.75, 3.05) is 13.2 Å². The summed E-state index contributed by atoms with van der Waals surface area (Å²) in [5.74, 6) is -5.62. The first-order valence-electron chi connectivity index (χ1n) is 13.5. The van der Waals surface area contributed by atoms with Gasteiger partial charge < -0.3 is 19.1 Å². The molecule has 3 heterocycles. The Kier molecular flexibility index (Phi) is 7.55. The van der Waals surface area contributed by atoms with E-state index in [-0.39, 0.29) is 18.2 Å². The number of rotatable bonds is 8. The second-order valence-electron chi connectivity index (χ2n) is 10.6. The maximum Gasteiger partial charge on any atom is 0.419 e. The van der Waals surface area contributed by atoms with E-state index in [2.05, 4.69) is 0 Å². The molecule has 0 radical (unpaired) electrons. The zero-order valence-corrected chi connectivity index (χ0v) is 22.6. The fraction of sp³-hybridized carbons (Fsp3) is 0.333. The quantitative estimate of drug-likeness (QED) is 0.193. The van der Waals surface area contributed by atoms with Crippen LogP contribution in [0.2, 0.25) is 0 Å². The van der Waals surface area contributed by atoms with Crippen molar-refractivity contribution in [2.45, 2.75) is 51.4 Å². The Morgan fingerprint density at radius 1 is 1.07 bits per heavy atom. The molecule has 1 atom stereocenters. The fourth-order valence-corrected chi connectivity index (χ4v) is 5.42. The number of nitrogens with zero attached hydrogens (tertiary/aromatic N) is 3. The summed E-state index contributed by atoms with van der Waals surface area (Å²) in [7, 11) is 0. The number of aromatic nitrogens is 2. The zero-order valence-electron chi connectivity index (χ0n) is 22.6. The third-order valence-electron chi connectivity index (χ3n) is 7.82. The zero-order chi connectivity index (χ0) is 30.5. The largest absolute Gasteiger partial charge is 0.488 e. The third kappa shape index (κ3) is 5.78. The van der Waals surface area contributed by atoms with E-state index in [1.807, 2.05) is 9.47 Å². The number of aromatic carboxylic acids is 1. The van der Waals surface area contributed by atoms with Gasteiger partial charge in [0.15, 0.2) is 17.5 Å². The second-order valence-corrected chi connectivity index (χ2v) is 10.6. The number of hydrogen-bond acceptors (Lipinski definition) is 5. The summed E-state index contributed by atoms with van der Waals surface area (Å²) in [5.41, 5.74) is 0.976. The molecule has 0 spiro atoms. The van der Waals surface area contributed by atoms with E-state index in [4.69, 9.17) is 14.5 Å². The Morgan fingerprint density at radius 3 is 2.56 bits per heavy atom. The van der Waals surface area contributed by atoms with E-state index in [0.29, 0.717) is 66.7 Å². The van der Waals surface area contributed by atoms with Crippen molar-refractivity contribution in [3.8, 4) is 5.75 Å². The average Bonchev–Trinajstić information content (AvgIpc) is 3.27. The van der Waals surface area contributed by atoms with E-state index < -0.39 is 53.1 Å². The number of hydrogen-bond donors (Lipinski definition) is 1. The lowest BCUT2D eigenvalue weighted by Gasteiger charge is -2.31. The smallest absolute Gasteiger partial charge is 0.419 e. The average molecular weight is 606 g/mol. The van der Waals surface area contributed by atoms with Gasteiger partial charge in [0, 0.05) is 25.3 Å². The van der Waals surface area contributed by atoms with Gasteiger partial charge in [0.25, 0.3) is 0 Å². The van der Waals surface area contributed by atoms with Gasteiger partial charge in [-0.3, -0.25) is 4.90 Å². The van der Waals surface area contributed by atoms with Crippen molar-refractivity contribution in [2.24, 2.45) is 0 Å². The maximum atomic E-state index is 14.1. The number of imidazole rings is 1. The van der Waals surface area contributed by atoms with Crippen molar-refractivity contribution >= 4 is 17.0 Å². The first-order chi connectivity index (χ1) is 20.5. The third-order valence-corrected chi connectivity index (χ3v) is 7.82. The van der Waals surface area contributed by atoms with Crippen molar-refractivity contribution in [1.82, 2.24) is 14.5 Å². The lowest BCUT2D eigenvalue weighted by Crippen LogP contribution is -2.34. The monoisotopic (exact) mass is 605 g/mol. The van der Waals surface area contributed by atoms with E-state index in [1.54, 1.807) is 12.1 Å². The fourth-order valence-electron chi connectivity index (χ4n) is 5.42. The van der Waals surface area contributed by atoms with Gasteiger partial charge in [-0.15, -0.1) is 0 Å². The minimum absolute atomic E-state index is 0.0355. The molecule has 0 bridgehead atoms. The van der Waals surface area contributed by atoms with E-state index in [0.717, 1.165) is 18.6 Å². The van der Waals surface area contributed by atoms with Gasteiger partial charge >= 0.3 is 12.1 Å². The molecule has 226 valence electrons. The van der Waals surface area contributed by atoms with Crippen molar-refractivity contribution < 1.29 is 45.7 Å². The molecule has 0 unspecified atom stereocenters. The Bertz CT molecular complexity index is 1720. The second kappa shape index (κ2) is 11.2.